The summed E-state index contributed by atoms with van der Waals surface area (Å²) in [6.07, 6.45) is 8.30. The Morgan fingerprint density at radius 1 is 1.57 bits per heavy atom. The summed E-state index contributed by atoms with van der Waals surface area (Å²) in [6.45, 7) is 3.93. The first-order valence-electron chi connectivity index (χ1n) is 4.88. The summed E-state index contributed by atoms with van der Waals surface area (Å²) in [5.41, 5.74) is 1.11. The molecule has 2 nitrogen and oxygen atoms in total. The van der Waals surface area contributed by atoms with Gasteiger partial charge in [0.2, 0.25) is 0 Å². The minimum absolute atomic E-state index is 0.883. The number of hydrogen-bond acceptors (Lipinski definition) is 3. The molecule has 0 aromatic carbocycles. The number of nitrogens with one attached hydrogen (secondary N) is 1. The van der Waals surface area contributed by atoms with Crippen LogP contribution in [-0.4, -0.2) is 11.5 Å². The lowest BCUT2D eigenvalue weighted by atomic mass is 10.2. The second-order valence-corrected chi connectivity index (χ2v) is 4.16. The van der Waals surface area contributed by atoms with E-state index in [-0.39, 0.29) is 0 Å². The van der Waals surface area contributed by atoms with Crippen LogP contribution in [0.25, 0.3) is 0 Å². The fourth-order valence-electron chi connectivity index (χ4n) is 1.16. The summed E-state index contributed by atoms with van der Waals surface area (Å²) < 4.78 is 0. The Morgan fingerprint density at radius 2 is 2.43 bits per heavy atom. The maximum Gasteiger partial charge on any atom is 0.107 e. The molecule has 3 heteroatoms. The van der Waals surface area contributed by atoms with Gasteiger partial charge in [-0.05, 0) is 26.3 Å². The van der Waals surface area contributed by atoms with E-state index in [4.69, 9.17) is 6.42 Å². The summed E-state index contributed by atoms with van der Waals surface area (Å²) in [4.78, 5) is 4.37. The third-order valence-corrected chi connectivity index (χ3v) is 2.83. The van der Waals surface area contributed by atoms with Crippen molar-refractivity contribution in [2.45, 2.75) is 32.7 Å². The number of hydrogen-bond donors (Lipinski definition) is 1. The molecular weight excluding hydrogens is 192 g/mol. The van der Waals surface area contributed by atoms with Crippen molar-refractivity contribution in [1.82, 2.24) is 10.3 Å². The van der Waals surface area contributed by atoms with E-state index in [0.29, 0.717) is 0 Å². The van der Waals surface area contributed by atoms with Crippen LogP contribution in [0.4, 0.5) is 0 Å². The Balaban J connectivity index is 2.02. The van der Waals surface area contributed by atoms with Crippen molar-refractivity contribution >= 4 is 11.3 Å². The van der Waals surface area contributed by atoms with Gasteiger partial charge < -0.3 is 5.32 Å². The fourth-order valence-corrected chi connectivity index (χ4v) is 1.90. The highest BCUT2D eigenvalue weighted by Gasteiger charge is 1.96. The van der Waals surface area contributed by atoms with E-state index >= 15 is 0 Å². The molecule has 0 aliphatic heterocycles. The summed E-state index contributed by atoms with van der Waals surface area (Å²) >= 11 is 1.71. The Labute approximate surface area is 89.8 Å². The molecule has 0 unspecified atom stereocenters. The number of terminal acetylenes is 1. The number of unbranched alkanes of at least 4 members (excludes halogenated alkanes) is 2. The van der Waals surface area contributed by atoms with Crippen molar-refractivity contribution in [3.63, 3.8) is 0 Å². The third-order valence-electron chi connectivity index (χ3n) is 1.87. The molecule has 1 rings (SSSR count). The molecule has 0 saturated carbocycles. The van der Waals surface area contributed by atoms with Gasteiger partial charge >= 0.3 is 0 Å². The van der Waals surface area contributed by atoms with E-state index in [9.17, 15) is 0 Å². The summed E-state index contributed by atoms with van der Waals surface area (Å²) in [6, 6.07) is 0. The molecule has 0 spiro atoms. The molecule has 0 fully saturated rings. The van der Waals surface area contributed by atoms with Gasteiger partial charge in [-0.3, -0.25) is 0 Å². The van der Waals surface area contributed by atoms with Crippen LogP contribution in [0.3, 0.4) is 0 Å². The van der Waals surface area contributed by atoms with Gasteiger partial charge in [0, 0.05) is 24.0 Å². The highest BCUT2D eigenvalue weighted by Crippen LogP contribution is 2.07. The topological polar surface area (TPSA) is 24.9 Å². The Kier molecular flexibility index (Phi) is 5.28. The van der Waals surface area contributed by atoms with Crippen LogP contribution in [0.15, 0.2) is 5.38 Å². The van der Waals surface area contributed by atoms with Gasteiger partial charge in [-0.2, -0.15) is 0 Å². The zero-order valence-corrected chi connectivity index (χ0v) is 9.36. The van der Waals surface area contributed by atoms with Crippen LogP contribution in [0, 0.1) is 19.3 Å². The molecule has 1 heterocycles. The van der Waals surface area contributed by atoms with E-state index in [0.717, 1.165) is 38.0 Å². The van der Waals surface area contributed by atoms with Gasteiger partial charge in [0.25, 0.3) is 0 Å². The first-order chi connectivity index (χ1) is 6.83. The lowest BCUT2D eigenvalue weighted by molar-refractivity contribution is 0.627. The van der Waals surface area contributed by atoms with Crippen LogP contribution in [0.2, 0.25) is 0 Å². The molecule has 0 saturated heterocycles. The van der Waals surface area contributed by atoms with Crippen LogP contribution in [0.1, 0.15) is 30.0 Å². The lowest BCUT2D eigenvalue weighted by Gasteiger charge is -2.00. The van der Waals surface area contributed by atoms with Gasteiger partial charge in [-0.25, -0.2) is 4.98 Å². The summed E-state index contributed by atoms with van der Waals surface area (Å²) in [5.74, 6) is 2.64. The molecule has 76 valence electrons. The van der Waals surface area contributed by atoms with E-state index in [2.05, 4.69) is 21.6 Å². The number of aryl methyl sites for hydroxylation is 1. The second-order valence-electron chi connectivity index (χ2n) is 3.22. The quantitative estimate of drug-likeness (QED) is 0.573. The molecule has 0 aliphatic rings. The fraction of sp³-hybridized carbons (Fsp3) is 0.545. The predicted octanol–water partition coefficient (Wildman–Crippen LogP) is 2.34. The SMILES string of the molecule is C#CCCCCNCc1nc(C)cs1. The van der Waals surface area contributed by atoms with Crippen LogP contribution in [-0.2, 0) is 6.54 Å². The average molecular weight is 208 g/mol. The molecule has 0 atom stereocenters. The molecular formula is C11H16N2S. The predicted molar refractivity (Wildman–Crippen MR) is 61.2 cm³/mol. The van der Waals surface area contributed by atoms with Crippen molar-refractivity contribution in [1.29, 1.82) is 0 Å². The Bertz CT molecular complexity index is 298. The van der Waals surface area contributed by atoms with Gasteiger partial charge in [0.1, 0.15) is 5.01 Å². The molecule has 1 aromatic rings. The standard InChI is InChI=1S/C11H16N2S/c1-3-4-5-6-7-12-8-11-13-10(2)9-14-11/h1,9,12H,4-8H2,2H3. The smallest absolute Gasteiger partial charge is 0.107 e. The van der Waals surface area contributed by atoms with Gasteiger partial charge in [-0.15, -0.1) is 23.7 Å². The van der Waals surface area contributed by atoms with E-state index < -0.39 is 0 Å². The highest BCUT2D eigenvalue weighted by molar-refractivity contribution is 7.09. The lowest BCUT2D eigenvalue weighted by Crippen LogP contribution is -2.14. The van der Waals surface area contributed by atoms with Gasteiger partial charge in [0.05, 0.1) is 0 Å². The van der Waals surface area contributed by atoms with Crippen molar-refractivity contribution in [3.8, 4) is 12.3 Å². The van der Waals surface area contributed by atoms with Crippen LogP contribution < -0.4 is 5.32 Å². The third kappa shape index (κ3) is 4.40. The first kappa shape index (κ1) is 11.2. The molecule has 0 aliphatic carbocycles. The molecule has 0 radical (unpaired) electrons. The van der Waals surface area contributed by atoms with Crippen molar-refractivity contribution < 1.29 is 0 Å². The normalized spacial score (nSPS) is 10.0. The zero-order valence-electron chi connectivity index (χ0n) is 8.55. The maximum atomic E-state index is 5.16. The van der Waals surface area contributed by atoms with Crippen molar-refractivity contribution in [2.75, 3.05) is 6.54 Å². The Hall–Kier alpha value is -0.850. The Morgan fingerprint density at radius 3 is 3.07 bits per heavy atom. The van der Waals surface area contributed by atoms with Crippen molar-refractivity contribution in [3.05, 3.63) is 16.1 Å². The molecule has 0 amide bonds. The highest BCUT2D eigenvalue weighted by atomic mass is 32.1. The average Bonchev–Trinajstić information content (AvgIpc) is 2.58. The first-order valence-corrected chi connectivity index (χ1v) is 5.76. The van der Waals surface area contributed by atoms with E-state index in [1.807, 2.05) is 6.92 Å². The maximum absolute atomic E-state index is 5.16. The van der Waals surface area contributed by atoms with E-state index in [1.165, 1.54) is 5.01 Å². The van der Waals surface area contributed by atoms with Gasteiger partial charge in [0.15, 0.2) is 0 Å². The summed E-state index contributed by atoms with van der Waals surface area (Å²) in [7, 11) is 0. The van der Waals surface area contributed by atoms with Gasteiger partial charge in [-0.1, -0.05) is 0 Å². The number of rotatable bonds is 6. The summed E-state index contributed by atoms with van der Waals surface area (Å²) in [5, 5.41) is 6.60. The molecule has 14 heavy (non-hydrogen) atoms. The molecule has 1 aromatic heterocycles. The number of aromatic nitrogens is 1. The zero-order chi connectivity index (χ0) is 10.2. The van der Waals surface area contributed by atoms with Crippen molar-refractivity contribution in [2.24, 2.45) is 0 Å². The molecule has 0 bridgehead atoms. The minimum atomic E-state index is 0.883. The van der Waals surface area contributed by atoms with Crippen LogP contribution >= 0.6 is 11.3 Å². The number of nitrogens with zero attached hydrogens (tertiary/aromatic N) is 1. The minimum Gasteiger partial charge on any atom is -0.310 e. The molecule has 1 N–H and O–H groups in total. The van der Waals surface area contributed by atoms with E-state index in [1.54, 1.807) is 11.3 Å². The monoisotopic (exact) mass is 208 g/mol. The number of thiazole rings is 1. The largest absolute Gasteiger partial charge is 0.310 e. The second kappa shape index (κ2) is 6.58. The van der Waals surface area contributed by atoms with Crippen LogP contribution in [0.5, 0.6) is 0 Å².